The van der Waals surface area contributed by atoms with E-state index in [0.29, 0.717) is 28.1 Å². The molecule has 0 aromatic heterocycles. The van der Waals surface area contributed by atoms with Crippen LogP contribution in [0.15, 0.2) is 45.8 Å². The lowest BCUT2D eigenvalue weighted by Gasteiger charge is -2.14. The quantitative estimate of drug-likeness (QED) is 0.334. The third-order valence-electron chi connectivity index (χ3n) is 4.61. The monoisotopic (exact) mass is 533 g/mol. The molecule has 0 radical (unpaired) electrons. The number of imide groups is 1. The number of nitrogens with zero attached hydrogens (tertiary/aromatic N) is 1. The second-order valence-electron chi connectivity index (χ2n) is 7.61. The minimum absolute atomic E-state index is 0.202. The van der Waals surface area contributed by atoms with E-state index >= 15 is 0 Å². The SMILES string of the molecule is COc1cc(/C=C2/SC(=O)N(CC(=O)OC(C)C)C2=O)c(Br)cc1OCc1ccc(C)cc1. The molecule has 174 valence electrons. The van der Waals surface area contributed by atoms with E-state index in [9.17, 15) is 14.4 Å². The van der Waals surface area contributed by atoms with Crippen LogP contribution in [-0.4, -0.2) is 41.8 Å². The smallest absolute Gasteiger partial charge is 0.326 e. The predicted octanol–water partition coefficient (Wildman–Crippen LogP) is 5.33. The normalized spacial score (nSPS) is 14.8. The van der Waals surface area contributed by atoms with Crippen LogP contribution in [0.5, 0.6) is 11.5 Å². The number of esters is 1. The molecule has 0 unspecified atom stereocenters. The fourth-order valence-corrected chi connectivity index (χ4v) is 4.25. The molecule has 2 aromatic rings. The van der Waals surface area contributed by atoms with Crippen molar-refractivity contribution in [3.8, 4) is 11.5 Å². The first-order chi connectivity index (χ1) is 15.7. The number of carbonyl (C=O) groups is 3. The van der Waals surface area contributed by atoms with Crippen molar-refractivity contribution < 1.29 is 28.6 Å². The molecule has 1 aliphatic heterocycles. The number of rotatable bonds is 8. The van der Waals surface area contributed by atoms with Gasteiger partial charge in [0.15, 0.2) is 11.5 Å². The number of methoxy groups -OCH3 is 1. The summed E-state index contributed by atoms with van der Waals surface area (Å²) in [5.41, 5.74) is 2.82. The van der Waals surface area contributed by atoms with Crippen LogP contribution in [0.2, 0.25) is 0 Å². The minimum atomic E-state index is -0.633. The maximum absolute atomic E-state index is 12.7. The Kier molecular flexibility index (Phi) is 8.20. The van der Waals surface area contributed by atoms with Gasteiger partial charge in [0, 0.05) is 4.47 Å². The molecule has 9 heteroatoms. The van der Waals surface area contributed by atoms with Gasteiger partial charge in [0.25, 0.3) is 11.1 Å². The Balaban J connectivity index is 1.77. The number of aryl methyl sites for hydroxylation is 1. The van der Waals surface area contributed by atoms with E-state index in [0.717, 1.165) is 22.2 Å². The third kappa shape index (κ3) is 6.39. The van der Waals surface area contributed by atoms with Gasteiger partial charge in [-0.25, -0.2) is 0 Å². The minimum Gasteiger partial charge on any atom is -0.493 e. The lowest BCUT2D eigenvalue weighted by molar-refractivity contribution is -0.149. The zero-order chi connectivity index (χ0) is 24.1. The highest BCUT2D eigenvalue weighted by atomic mass is 79.9. The summed E-state index contributed by atoms with van der Waals surface area (Å²) in [7, 11) is 1.53. The first-order valence-electron chi connectivity index (χ1n) is 10.2. The van der Waals surface area contributed by atoms with Gasteiger partial charge in [-0.1, -0.05) is 45.8 Å². The highest BCUT2D eigenvalue weighted by molar-refractivity contribution is 9.10. The molecular formula is C24H24BrNO6S. The van der Waals surface area contributed by atoms with E-state index < -0.39 is 23.7 Å². The zero-order valence-corrected chi connectivity index (χ0v) is 21.1. The van der Waals surface area contributed by atoms with E-state index in [4.69, 9.17) is 14.2 Å². The molecule has 1 aliphatic rings. The molecule has 33 heavy (non-hydrogen) atoms. The highest BCUT2D eigenvalue weighted by Gasteiger charge is 2.37. The fourth-order valence-electron chi connectivity index (χ4n) is 2.99. The molecule has 7 nitrogen and oxygen atoms in total. The molecule has 0 atom stereocenters. The number of hydrogen-bond acceptors (Lipinski definition) is 7. The van der Waals surface area contributed by atoms with Crippen molar-refractivity contribution in [1.82, 2.24) is 4.90 Å². The number of hydrogen-bond donors (Lipinski definition) is 0. The average molecular weight is 534 g/mol. The lowest BCUT2D eigenvalue weighted by atomic mass is 10.1. The van der Waals surface area contributed by atoms with Crippen molar-refractivity contribution in [2.24, 2.45) is 0 Å². The van der Waals surface area contributed by atoms with Crippen LogP contribution in [0.25, 0.3) is 6.08 Å². The van der Waals surface area contributed by atoms with Gasteiger partial charge in [-0.15, -0.1) is 0 Å². The molecular weight excluding hydrogens is 510 g/mol. The van der Waals surface area contributed by atoms with E-state index in [-0.39, 0.29) is 11.0 Å². The molecule has 0 spiro atoms. The first kappa shape index (κ1) is 24.9. The molecule has 2 amide bonds. The summed E-state index contributed by atoms with van der Waals surface area (Å²) in [6.45, 7) is 5.37. The number of thioether (sulfide) groups is 1. The van der Waals surface area contributed by atoms with E-state index in [1.807, 2.05) is 31.2 Å². The van der Waals surface area contributed by atoms with Gasteiger partial charge < -0.3 is 14.2 Å². The van der Waals surface area contributed by atoms with E-state index in [1.165, 1.54) is 12.7 Å². The van der Waals surface area contributed by atoms with Crippen LogP contribution < -0.4 is 9.47 Å². The van der Waals surface area contributed by atoms with Crippen molar-refractivity contribution in [2.75, 3.05) is 13.7 Å². The summed E-state index contributed by atoms with van der Waals surface area (Å²) in [6, 6.07) is 11.5. The Labute approximate surface area is 205 Å². The Morgan fingerprint density at radius 1 is 1.15 bits per heavy atom. The number of amides is 2. The standard InChI is InChI=1S/C24H24BrNO6S/c1-14(2)32-22(27)12-26-23(28)21(33-24(26)29)10-17-9-19(30-4)20(11-18(17)25)31-13-16-7-5-15(3)6-8-16/h5-11,14H,12-13H2,1-4H3/b21-10+. The Bertz CT molecular complexity index is 1100. The van der Waals surface area contributed by atoms with Gasteiger partial charge in [-0.3, -0.25) is 19.3 Å². The average Bonchev–Trinajstić information content (AvgIpc) is 3.01. The van der Waals surface area contributed by atoms with Crippen molar-refractivity contribution in [3.63, 3.8) is 0 Å². The summed E-state index contributed by atoms with van der Waals surface area (Å²) >= 11 is 4.27. The second kappa shape index (κ2) is 10.9. The van der Waals surface area contributed by atoms with Gasteiger partial charge in [0.2, 0.25) is 0 Å². The molecule has 3 rings (SSSR count). The summed E-state index contributed by atoms with van der Waals surface area (Å²) in [6.07, 6.45) is 1.25. The number of ether oxygens (including phenoxy) is 3. The summed E-state index contributed by atoms with van der Waals surface area (Å²) in [4.78, 5) is 37.9. The zero-order valence-electron chi connectivity index (χ0n) is 18.7. The van der Waals surface area contributed by atoms with Crippen LogP contribution in [-0.2, 0) is 20.9 Å². The molecule has 1 fully saturated rings. The summed E-state index contributed by atoms with van der Waals surface area (Å²) in [5.74, 6) is -0.161. The van der Waals surface area contributed by atoms with E-state index in [2.05, 4.69) is 15.9 Å². The Morgan fingerprint density at radius 2 is 1.85 bits per heavy atom. The number of halogens is 1. The Morgan fingerprint density at radius 3 is 2.48 bits per heavy atom. The number of benzene rings is 2. The molecule has 0 aliphatic carbocycles. The van der Waals surface area contributed by atoms with Crippen LogP contribution >= 0.6 is 27.7 Å². The topological polar surface area (TPSA) is 82.1 Å². The molecule has 1 saturated heterocycles. The Hall–Kier alpha value is -2.78. The van der Waals surface area contributed by atoms with Crippen LogP contribution in [0.1, 0.15) is 30.5 Å². The summed E-state index contributed by atoms with van der Waals surface area (Å²) < 4.78 is 17.1. The van der Waals surface area contributed by atoms with Crippen molar-refractivity contribution in [1.29, 1.82) is 0 Å². The second-order valence-corrected chi connectivity index (χ2v) is 9.45. The van der Waals surface area contributed by atoms with Crippen molar-refractivity contribution >= 4 is 50.9 Å². The van der Waals surface area contributed by atoms with Gasteiger partial charge in [-0.05, 0) is 61.9 Å². The van der Waals surface area contributed by atoms with Crippen molar-refractivity contribution in [3.05, 3.63) is 62.5 Å². The lowest BCUT2D eigenvalue weighted by Crippen LogP contribution is -2.35. The summed E-state index contributed by atoms with van der Waals surface area (Å²) in [5, 5.41) is -0.520. The van der Waals surface area contributed by atoms with Gasteiger partial charge in [0.1, 0.15) is 13.2 Å². The largest absolute Gasteiger partial charge is 0.493 e. The maximum Gasteiger partial charge on any atom is 0.326 e. The predicted molar refractivity (Wildman–Crippen MR) is 130 cm³/mol. The van der Waals surface area contributed by atoms with E-state index in [1.54, 1.807) is 32.1 Å². The fraction of sp³-hybridized carbons (Fsp3) is 0.292. The molecule has 1 heterocycles. The number of carbonyl (C=O) groups excluding carboxylic acids is 3. The van der Waals surface area contributed by atoms with Crippen LogP contribution in [0.3, 0.4) is 0 Å². The van der Waals surface area contributed by atoms with Crippen molar-refractivity contribution in [2.45, 2.75) is 33.5 Å². The highest BCUT2D eigenvalue weighted by Crippen LogP contribution is 2.38. The van der Waals surface area contributed by atoms with Crippen LogP contribution in [0, 0.1) is 6.92 Å². The molecule has 0 N–H and O–H groups in total. The molecule has 0 bridgehead atoms. The molecule has 2 aromatic carbocycles. The van der Waals surface area contributed by atoms with Gasteiger partial charge in [-0.2, -0.15) is 0 Å². The maximum atomic E-state index is 12.7. The van der Waals surface area contributed by atoms with Gasteiger partial charge in [0.05, 0.1) is 18.1 Å². The molecule has 0 saturated carbocycles. The van der Waals surface area contributed by atoms with Gasteiger partial charge >= 0.3 is 5.97 Å². The van der Waals surface area contributed by atoms with Crippen LogP contribution in [0.4, 0.5) is 4.79 Å². The third-order valence-corrected chi connectivity index (χ3v) is 6.21. The first-order valence-corrected chi connectivity index (χ1v) is 11.8.